The molecule has 0 bridgehead atoms. The summed E-state index contributed by atoms with van der Waals surface area (Å²) >= 11 is 3.28. The number of halogens is 1. The van der Waals surface area contributed by atoms with Crippen LogP contribution in [0.5, 0.6) is 0 Å². The van der Waals surface area contributed by atoms with E-state index in [1.807, 2.05) is 6.07 Å². The fourth-order valence-corrected chi connectivity index (χ4v) is 2.92. The first-order valence-electron chi connectivity index (χ1n) is 6.51. The second-order valence-electron chi connectivity index (χ2n) is 4.89. The zero-order valence-corrected chi connectivity index (χ0v) is 12.7. The van der Waals surface area contributed by atoms with E-state index in [2.05, 4.69) is 26.6 Å². The first-order valence-corrected chi connectivity index (χ1v) is 7.30. The van der Waals surface area contributed by atoms with Gasteiger partial charge in [-0.05, 0) is 47.0 Å². The minimum Gasteiger partial charge on any atom is -0.481 e. The minimum absolute atomic E-state index is 0.348. The molecule has 110 valence electrons. The molecule has 1 saturated carbocycles. The quantitative estimate of drug-likeness (QED) is 0.778. The number of amides is 2. The van der Waals surface area contributed by atoms with Crippen molar-refractivity contribution in [1.29, 1.82) is 5.26 Å². The third-order valence-corrected chi connectivity index (χ3v) is 4.15. The number of rotatable bonds is 3. The fraction of sp³-hybridized carbons (Fsp3) is 0.357. The Labute approximate surface area is 130 Å². The van der Waals surface area contributed by atoms with Gasteiger partial charge in [0.15, 0.2) is 0 Å². The van der Waals surface area contributed by atoms with E-state index in [0.29, 0.717) is 28.6 Å². The van der Waals surface area contributed by atoms with Crippen LogP contribution in [0.4, 0.5) is 10.5 Å². The van der Waals surface area contributed by atoms with Crippen LogP contribution >= 0.6 is 15.9 Å². The Morgan fingerprint density at radius 3 is 2.76 bits per heavy atom. The molecule has 1 aliphatic carbocycles. The smallest absolute Gasteiger partial charge is 0.319 e. The number of carboxylic acids is 1. The van der Waals surface area contributed by atoms with Crippen LogP contribution < -0.4 is 10.6 Å². The molecule has 0 aliphatic heterocycles. The summed E-state index contributed by atoms with van der Waals surface area (Å²) in [5.74, 6) is -1.41. The van der Waals surface area contributed by atoms with Gasteiger partial charge in [0.25, 0.3) is 0 Å². The third kappa shape index (κ3) is 3.73. The maximum Gasteiger partial charge on any atom is 0.319 e. The van der Waals surface area contributed by atoms with Crippen molar-refractivity contribution in [2.75, 3.05) is 5.32 Å². The Bertz CT molecular complexity index is 612. The van der Waals surface area contributed by atoms with Gasteiger partial charge in [0, 0.05) is 10.5 Å². The Morgan fingerprint density at radius 2 is 2.14 bits per heavy atom. The van der Waals surface area contributed by atoms with Crippen LogP contribution in [-0.2, 0) is 4.79 Å². The molecule has 0 aromatic heterocycles. The molecule has 2 unspecified atom stereocenters. The summed E-state index contributed by atoms with van der Waals surface area (Å²) in [7, 11) is 0. The molecule has 6 nitrogen and oxygen atoms in total. The highest BCUT2D eigenvalue weighted by atomic mass is 79.9. The molecular weight excluding hydrogens is 338 g/mol. The summed E-state index contributed by atoms with van der Waals surface area (Å²) in [4.78, 5) is 23.0. The molecule has 0 radical (unpaired) electrons. The molecule has 0 saturated heterocycles. The molecular formula is C14H14BrN3O3. The normalized spacial score (nSPS) is 20.6. The number of carbonyl (C=O) groups excluding carboxylic acids is 1. The average Bonchev–Trinajstić information content (AvgIpc) is 2.89. The van der Waals surface area contributed by atoms with Crippen molar-refractivity contribution in [2.24, 2.45) is 5.92 Å². The number of anilines is 1. The van der Waals surface area contributed by atoms with Gasteiger partial charge in [0.05, 0.1) is 23.2 Å². The maximum atomic E-state index is 11.9. The van der Waals surface area contributed by atoms with Crippen LogP contribution in [0, 0.1) is 17.2 Å². The molecule has 2 atom stereocenters. The van der Waals surface area contributed by atoms with Crippen molar-refractivity contribution in [1.82, 2.24) is 5.32 Å². The standard InChI is InChI=1S/C14H14BrN3O3/c15-10-6-8(7-16)4-5-12(10)18-14(21)17-11-3-1-2-9(11)13(19)20/h4-6,9,11H,1-3H2,(H,19,20)(H2,17,18,21). The summed E-state index contributed by atoms with van der Waals surface area (Å²) in [6.07, 6.45) is 2.04. The first-order chi connectivity index (χ1) is 10.0. The fourth-order valence-electron chi connectivity index (χ4n) is 2.44. The number of nitrogens with zero attached hydrogens (tertiary/aromatic N) is 1. The van der Waals surface area contributed by atoms with E-state index in [1.54, 1.807) is 18.2 Å². The molecule has 1 fully saturated rings. The molecule has 2 amide bonds. The van der Waals surface area contributed by atoms with Crippen LogP contribution in [0.2, 0.25) is 0 Å². The Morgan fingerprint density at radius 1 is 1.38 bits per heavy atom. The van der Waals surface area contributed by atoms with Crippen molar-refractivity contribution in [2.45, 2.75) is 25.3 Å². The second-order valence-corrected chi connectivity index (χ2v) is 5.74. The van der Waals surface area contributed by atoms with Gasteiger partial charge in [-0.1, -0.05) is 6.42 Å². The average molecular weight is 352 g/mol. The Balaban J connectivity index is 1.99. The Kier molecular flexibility index (Phi) is 4.81. The first kappa shape index (κ1) is 15.3. The number of carboxylic acid groups (broad SMARTS) is 1. The topological polar surface area (TPSA) is 102 Å². The van der Waals surface area contributed by atoms with E-state index in [9.17, 15) is 9.59 Å². The van der Waals surface area contributed by atoms with Crippen LogP contribution in [0.1, 0.15) is 24.8 Å². The van der Waals surface area contributed by atoms with E-state index in [0.717, 1.165) is 6.42 Å². The summed E-state index contributed by atoms with van der Waals surface area (Å²) in [6.45, 7) is 0. The third-order valence-electron chi connectivity index (χ3n) is 3.50. The van der Waals surface area contributed by atoms with Gasteiger partial charge in [-0.25, -0.2) is 4.79 Å². The lowest BCUT2D eigenvalue weighted by atomic mass is 10.0. The SMILES string of the molecule is N#Cc1ccc(NC(=O)NC2CCCC2C(=O)O)c(Br)c1. The molecule has 0 spiro atoms. The van der Waals surface area contributed by atoms with E-state index in [1.165, 1.54) is 0 Å². The van der Waals surface area contributed by atoms with Gasteiger partial charge >= 0.3 is 12.0 Å². The molecule has 7 heteroatoms. The maximum absolute atomic E-state index is 11.9. The zero-order valence-electron chi connectivity index (χ0n) is 11.1. The van der Waals surface area contributed by atoms with Crippen LogP contribution in [0.3, 0.4) is 0 Å². The largest absolute Gasteiger partial charge is 0.481 e. The lowest BCUT2D eigenvalue weighted by molar-refractivity contribution is -0.142. The molecule has 3 N–H and O–H groups in total. The van der Waals surface area contributed by atoms with Crippen molar-refractivity contribution in [3.8, 4) is 6.07 Å². The lowest BCUT2D eigenvalue weighted by Gasteiger charge is -2.18. The molecule has 2 rings (SSSR count). The van der Waals surface area contributed by atoms with Crippen LogP contribution in [-0.4, -0.2) is 23.1 Å². The number of nitriles is 1. The predicted molar refractivity (Wildman–Crippen MR) is 79.8 cm³/mol. The van der Waals surface area contributed by atoms with E-state index in [-0.39, 0.29) is 6.04 Å². The van der Waals surface area contributed by atoms with E-state index >= 15 is 0 Å². The number of nitrogens with one attached hydrogen (secondary N) is 2. The number of carbonyl (C=O) groups is 2. The molecule has 0 heterocycles. The number of benzene rings is 1. The molecule has 21 heavy (non-hydrogen) atoms. The summed E-state index contributed by atoms with van der Waals surface area (Å²) < 4.78 is 0.595. The Hall–Kier alpha value is -2.07. The van der Waals surface area contributed by atoms with Gasteiger partial charge in [-0.15, -0.1) is 0 Å². The van der Waals surface area contributed by atoms with E-state index < -0.39 is 17.9 Å². The van der Waals surface area contributed by atoms with Crippen molar-refractivity contribution >= 4 is 33.6 Å². The predicted octanol–water partition coefficient (Wildman–Crippen LogP) is 2.70. The van der Waals surface area contributed by atoms with E-state index in [4.69, 9.17) is 10.4 Å². The van der Waals surface area contributed by atoms with Gasteiger partial charge in [-0.3, -0.25) is 4.79 Å². The lowest BCUT2D eigenvalue weighted by Crippen LogP contribution is -2.42. The van der Waals surface area contributed by atoms with Gasteiger partial charge in [-0.2, -0.15) is 5.26 Å². The molecule has 1 aliphatic rings. The van der Waals surface area contributed by atoms with Crippen molar-refractivity contribution in [3.63, 3.8) is 0 Å². The molecule has 1 aromatic carbocycles. The van der Waals surface area contributed by atoms with Crippen LogP contribution in [0.25, 0.3) is 0 Å². The van der Waals surface area contributed by atoms with Crippen LogP contribution in [0.15, 0.2) is 22.7 Å². The summed E-state index contributed by atoms with van der Waals surface area (Å²) in [5.41, 5.74) is 1.01. The number of hydrogen-bond acceptors (Lipinski definition) is 3. The summed E-state index contributed by atoms with van der Waals surface area (Å²) in [6, 6.07) is 6.02. The number of urea groups is 1. The van der Waals surface area contributed by atoms with Gasteiger partial charge in [0.1, 0.15) is 0 Å². The monoisotopic (exact) mass is 351 g/mol. The van der Waals surface area contributed by atoms with Crippen molar-refractivity contribution < 1.29 is 14.7 Å². The second kappa shape index (κ2) is 6.59. The highest BCUT2D eigenvalue weighted by molar-refractivity contribution is 9.10. The van der Waals surface area contributed by atoms with Crippen molar-refractivity contribution in [3.05, 3.63) is 28.2 Å². The summed E-state index contributed by atoms with van der Waals surface area (Å²) in [5, 5.41) is 23.2. The minimum atomic E-state index is -0.877. The zero-order chi connectivity index (χ0) is 15.4. The molecule has 1 aromatic rings. The van der Waals surface area contributed by atoms with Gasteiger partial charge in [0.2, 0.25) is 0 Å². The number of aliphatic carboxylic acids is 1. The number of hydrogen-bond donors (Lipinski definition) is 3. The highest BCUT2D eigenvalue weighted by Gasteiger charge is 2.33. The van der Waals surface area contributed by atoms with Gasteiger partial charge < -0.3 is 15.7 Å². The highest BCUT2D eigenvalue weighted by Crippen LogP contribution is 2.27.